The van der Waals surface area contributed by atoms with E-state index in [1.54, 1.807) is 61.7 Å². The maximum Gasteiger partial charge on any atom is 0.250 e. The van der Waals surface area contributed by atoms with Crippen LogP contribution in [0.1, 0.15) is 5.56 Å². The van der Waals surface area contributed by atoms with Crippen LogP contribution in [0.2, 0.25) is 5.02 Å². The number of aromatic amines is 1. The lowest BCUT2D eigenvalue weighted by atomic mass is 10.0. The van der Waals surface area contributed by atoms with Gasteiger partial charge in [0.25, 0.3) is 5.56 Å². The minimum atomic E-state index is -3.43. The fourth-order valence-corrected chi connectivity index (χ4v) is 3.19. The predicted molar refractivity (Wildman–Crippen MR) is 107 cm³/mol. The molecule has 3 aromatic rings. The van der Waals surface area contributed by atoms with E-state index in [2.05, 4.69) is 9.71 Å². The zero-order valence-corrected chi connectivity index (χ0v) is 16.2. The third-order valence-corrected chi connectivity index (χ3v) is 4.58. The fraction of sp³-hybridized carbons (Fsp3) is 0.105. The van der Waals surface area contributed by atoms with E-state index in [9.17, 15) is 13.2 Å². The molecule has 0 spiro atoms. The molecule has 2 aromatic carbocycles. The quantitative estimate of drug-likeness (QED) is 0.668. The van der Waals surface area contributed by atoms with Crippen molar-refractivity contribution < 1.29 is 13.2 Å². The second-order valence-electron chi connectivity index (χ2n) is 6.04. The van der Waals surface area contributed by atoms with Gasteiger partial charge in [0.2, 0.25) is 10.0 Å². The van der Waals surface area contributed by atoms with Crippen LogP contribution in [0.25, 0.3) is 11.1 Å². The van der Waals surface area contributed by atoms with Gasteiger partial charge in [-0.3, -0.25) is 9.52 Å². The lowest BCUT2D eigenvalue weighted by Crippen LogP contribution is -2.10. The Morgan fingerprint density at radius 1 is 1.07 bits per heavy atom. The molecule has 27 heavy (non-hydrogen) atoms. The molecule has 0 aliphatic heterocycles. The second kappa shape index (κ2) is 7.46. The molecule has 0 unspecified atom stereocenters. The molecular formula is C19H17ClN2O4S. The number of aryl methyl sites for hydroxylation is 1. The Hall–Kier alpha value is -2.77. The molecule has 0 aliphatic carbocycles. The Morgan fingerprint density at radius 2 is 1.78 bits per heavy atom. The van der Waals surface area contributed by atoms with Crippen LogP contribution in [0.4, 0.5) is 5.69 Å². The second-order valence-corrected chi connectivity index (χ2v) is 8.23. The first-order valence-electron chi connectivity index (χ1n) is 7.96. The maximum atomic E-state index is 11.7. The summed E-state index contributed by atoms with van der Waals surface area (Å²) in [6, 6.07) is 13.5. The number of rotatable bonds is 5. The number of ether oxygens (including phenoxy) is 1. The molecule has 6 nitrogen and oxygen atoms in total. The summed E-state index contributed by atoms with van der Waals surface area (Å²) >= 11 is 5.90. The van der Waals surface area contributed by atoms with E-state index in [0.717, 1.165) is 6.26 Å². The zero-order chi connectivity index (χ0) is 19.6. The van der Waals surface area contributed by atoms with Crippen molar-refractivity contribution in [2.45, 2.75) is 6.92 Å². The van der Waals surface area contributed by atoms with Gasteiger partial charge in [-0.1, -0.05) is 11.6 Å². The first kappa shape index (κ1) is 19.0. The van der Waals surface area contributed by atoms with Crippen molar-refractivity contribution in [2.24, 2.45) is 0 Å². The Bertz CT molecular complexity index is 1140. The highest BCUT2D eigenvalue weighted by atomic mass is 35.5. The lowest BCUT2D eigenvalue weighted by Gasteiger charge is -2.14. The summed E-state index contributed by atoms with van der Waals surface area (Å²) in [7, 11) is -3.43. The van der Waals surface area contributed by atoms with Gasteiger partial charge in [0.15, 0.2) is 0 Å². The Morgan fingerprint density at radius 3 is 2.41 bits per heavy atom. The summed E-state index contributed by atoms with van der Waals surface area (Å²) in [5, 5.41) is 0.589. The number of aromatic nitrogens is 1. The molecule has 0 amide bonds. The SMILES string of the molecule is Cc1cc(-c2cc(NS(C)(=O)=O)ccc2Oc2ccc(Cl)cc2)c[nH]c1=O. The topological polar surface area (TPSA) is 88.3 Å². The van der Waals surface area contributed by atoms with Gasteiger partial charge in [-0.2, -0.15) is 0 Å². The first-order valence-corrected chi connectivity index (χ1v) is 10.2. The van der Waals surface area contributed by atoms with Crippen LogP contribution < -0.4 is 15.0 Å². The summed E-state index contributed by atoms with van der Waals surface area (Å²) in [6.07, 6.45) is 2.64. The normalized spacial score (nSPS) is 11.2. The maximum absolute atomic E-state index is 11.7. The van der Waals surface area contributed by atoms with Gasteiger partial charge >= 0.3 is 0 Å². The highest BCUT2D eigenvalue weighted by Gasteiger charge is 2.12. The molecule has 0 bridgehead atoms. The molecule has 2 N–H and O–H groups in total. The number of H-pyrrole nitrogens is 1. The van der Waals surface area contributed by atoms with Crippen LogP contribution >= 0.6 is 11.6 Å². The van der Waals surface area contributed by atoms with Crippen molar-refractivity contribution in [2.75, 3.05) is 11.0 Å². The van der Waals surface area contributed by atoms with Crippen LogP contribution in [0.5, 0.6) is 11.5 Å². The molecule has 0 fully saturated rings. The minimum Gasteiger partial charge on any atom is -0.457 e. The first-order chi connectivity index (χ1) is 12.7. The van der Waals surface area contributed by atoms with Gasteiger partial charge in [-0.15, -0.1) is 0 Å². The molecule has 0 radical (unpaired) electrons. The monoisotopic (exact) mass is 404 g/mol. The van der Waals surface area contributed by atoms with Crippen LogP contribution in [0, 0.1) is 6.92 Å². The van der Waals surface area contributed by atoms with E-state index in [1.807, 2.05) is 0 Å². The minimum absolute atomic E-state index is 0.190. The van der Waals surface area contributed by atoms with Crippen molar-refractivity contribution in [1.82, 2.24) is 4.98 Å². The predicted octanol–water partition coefficient (Wildman–Crippen LogP) is 4.17. The van der Waals surface area contributed by atoms with Gasteiger partial charge in [-0.05, 0) is 55.5 Å². The molecule has 3 rings (SSSR count). The summed E-state index contributed by atoms with van der Waals surface area (Å²) in [5.74, 6) is 1.08. The third-order valence-electron chi connectivity index (χ3n) is 3.72. The van der Waals surface area contributed by atoms with Crippen molar-refractivity contribution in [3.63, 3.8) is 0 Å². The van der Waals surface area contributed by atoms with E-state index >= 15 is 0 Å². The Balaban J connectivity index is 2.09. The van der Waals surface area contributed by atoms with Gasteiger partial charge in [0.05, 0.1) is 6.26 Å². The highest BCUT2D eigenvalue weighted by Crippen LogP contribution is 2.35. The third kappa shape index (κ3) is 4.90. The molecule has 0 saturated heterocycles. The van der Waals surface area contributed by atoms with E-state index < -0.39 is 10.0 Å². The molecule has 0 atom stereocenters. The number of nitrogens with one attached hydrogen (secondary N) is 2. The van der Waals surface area contributed by atoms with Crippen LogP contribution in [-0.4, -0.2) is 19.7 Å². The van der Waals surface area contributed by atoms with Crippen LogP contribution in [0.15, 0.2) is 59.5 Å². The summed E-state index contributed by atoms with van der Waals surface area (Å²) in [6.45, 7) is 1.70. The molecule has 1 aromatic heterocycles. The highest BCUT2D eigenvalue weighted by molar-refractivity contribution is 7.92. The van der Waals surface area contributed by atoms with E-state index in [-0.39, 0.29) is 5.56 Å². The molecule has 1 heterocycles. The Kier molecular flexibility index (Phi) is 5.25. The van der Waals surface area contributed by atoms with Gasteiger partial charge in [0.1, 0.15) is 11.5 Å². The summed E-state index contributed by atoms with van der Waals surface area (Å²) < 4.78 is 31.5. The van der Waals surface area contributed by atoms with E-state index in [4.69, 9.17) is 16.3 Å². The smallest absolute Gasteiger partial charge is 0.250 e. The van der Waals surface area contributed by atoms with Gasteiger partial charge < -0.3 is 9.72 Å². The van der Waals surface area contributed by atoms with E-state index in [1.165, 1.54) is 0 Å². The van der Waals surface area contributed by atoms with Crippen LogP contribution in [-0.2, 0) is 10.0 Å². The number of hydrogen-bond acceptors (Lipinski definition) is 4. The standard InChI is InChI=1S/C19H17ClN2O4S/c1-12-9-13(11-21-19(12)23)17-10-15(22-27(2,24)25)5-8-18(17)26-16-6-3-14(20)4-7-16/h3-11,22H,1-2H3,(H,21,23). The average molecular weight is 405 g/mol. The van der Waals surface area contributed by atoms with E-state index in [0.29, 0.717) is 38.9 Å². The van der Waals surface area contributed by atoms with Gasteiger partial charge in [-0.25, -0.2) is 8.42 Å². The summed E-state index contributed by atoms with van der Waals surface area (Å²) in [5.41, 5.74) is 2.04. The number of benzene rings is 2. The van der Waals surface area contributed by atoms with Crippen molar-refractivity contribution in [3.8, 4) is 22.6 Å². The number of sulfonamides is 1. The lowest BCUT2D eigenvalue weighted by molar-refractivity contribution is 0.484. The van der Waals surface area contributed by atoms with Crippen molar-refractivity contribution >= 4 is 27.3 Å². The number of halogens is 1. The van der Waals surface area contributed by atoms with Gasteiger partial charge in [0, 0.05) is 33.6 Å². The van der Waals surface area contributed by atoms with Crippen LogP contribution in [0.3, 0.4) is 0 Å². The molecule has 0 aliphatic rings. The molecule has 140 valence electrons. The molecular weight excluding hydrogens is 388 g/mol. The number of pyridine rings is 1. The van der Waals surface area contributed by atoms with Crippen molar-refractivity contribution in [1.29, 1.82) is 0 Å². The molecule has 0 saturated carbocycles. The molecule has 8 heteroatoms. The van der Waals surface area contributed by atoms with Crippen molar-refractivity contribution in [3.05, 3.63) is 75.7 Å². The number of anilines is 1. The number of hydrogen-bond donors (Lipinski definition) is 2. The largest absolute Gasteiger partial charge is 0.457 e. The Labute approximate surface area is 161 Å². The summed E-state index contributed by atoms with van der Waals surface area (Å²) in [4.78, 5) is 14.3. The fourth-order valence-electron chi connectivity index (χ4n) is 2.50. The zero-order valence-electron chi connectivity index (χ0n) is 14.6. The average Bonchev–Trinajstić information content (AvgIpc) is 2.59.